The Morgan fingerprint density at radius 2 is 1.95 bits per heavy atom. The zero-order chi connectivity index (χ0) is 16.5. The van der Waals surface area contributed by atoms with Crippen molar-refractivity contribution in [1.82, 2.24) is 5.32 Å². The second-order valence-corrected chi connectivity index (χ2v) is 6.91. The first kappa shape index (κ1) is 16.9. The van der Waals surface area contributed by atoms with Crippen LogP contribution in [0.5, 0.6) is 5.75 Å². The summed E-state index contributed by atoms with van der Waals surface area (Å²) in [5, 5.41) is 2.78. The second-order valence-electron chi connectivity index (χ2n) is 5.42. The first-order chi connectivity index (χ1) is 10.2. The van der Waals surface area contributed by atoms with Crippen molar-refractivity contribution in [2.45, 2.75) is 24.2 Å². The van der Waals surface area contributed by atoms with E-state index >= 15 is 0 Å². The number of carbonyl (C=O) groups is 2. The van der Waals surface area contributed by atoms with Gasteiger partial charge in [-0.05, 0) is 31.0 Å². The van der Waals surface area contributed by atoms with E-state index in [0.717, 1.165) is 5.56 Å². The second kappa shape index (κ2) is 5.97. The van der Waals surface area contributed by atoms with E-state index in [4.69, 9.17) is 32.7 Å². The van der Waals surface area contributed by atoms with Gasteiger partial charge < -0.3 is 14.8 Å². The molecule has 2 rings (SSSR count). The fourth-order valence-corrected chi connectivity index (χ4v) is 2.86. The Kier molecular flexibility index (Phi) is 4.59. The van der Waals surface area contributed by atoms with Crippen molar-refractivity contribution in [2.24, 2.45) is 5.41 Å². The fourth-order valence-electron chi connectivity index (χ4n) is 2.16. The maximum atomic E-state index is 12.1. The minimum absolute atomic E-state index is 0.215. The van der Waals surface area contributed by atoms with Crippen molar-refractivity contribution >= 4 is 35.1 Å². The zero-order valence-corrected chi connectivity index (χ0v) is 14.0. The fraction of sp³-hybridized carbons (Fsp3) is 0.467. The van der Waals surface area contributed by atoms with E-state index in [0.29, 0.717) is 17.7 Å². The number of hydrogen-bond acceptors (Lipinski definition) is 4. The summed E-state index contributed by atoms with van der Waals surface area (Å²) in [4.78, 5) is 23.8. The summed E-state index contributed by atoms with van der Waals surface area (Å²) in [6.45, 7) is 1.97. The Morgan fingerprint density at radius 3 is 2.45 bits per heavy atom. The van der Waals surface area contributed by atoms with Gasteiger partial charge >= 0.3 is 5.97 Å². The number of esters is 1. The SMILES string of the molecule is COC(=O)c1cc(CNC(=O)C2(C)CC2(Cl)Cl)ccc1OC. The van der Waals surface area contributed by atoms with Gasteiger partial charge in [-0.2, -0.15) is 0 Å². The lowest BCUT2D eigenvalue weighted by Crippen LogP contribution is -2.32. The van der Waals surface area contributed by atoms with Crippen LogP contribution in [-0.2, 0) is 16.1 Å². The van der Waals surface area contributed by atoms with Gasteiger partial charge in [0.25, 0.3) is 0 Å². The van der Waals surface area contributed by atoms with Crippen LogP contribution in [0.4, 0.5) is 0 Å². The van der Waals surface area contributed by atoms with Crippen LogP contribution in [0, 0.1) is 5.41 Å². The van der Waals surface area contributed by atoms with Crippen LogP contribution in [0.2, 0.25) is 0 Å². The van der Waals surface area contributed by atoms with Crippen molar-refractivity contribution < 1.29 is 19.1 Å². The maximum absolute atomic E-state index is 12.1. The van der Waals surface area contributed by atoms with Gasteiger partial charge in [0, 0.05) is 6.54 Å². The number of benzene rings is 1. The first-order valence-corrected chi connectivity index (χ1v) is 7.42. The number of amides is 1. The number of methoxy groups -OCH3 is 2. The third kappa shape index (κ3) is 3.01. The first-order valence-electron chi connectivity index (χ1n) is 6.66. The van der Waals surface area contributed by atoms with Crippen LogP contribution < -0.4 is 10.1 Å². The summed E-state index contributed by atoms with van der Waals surface area (Å²) >= 11 is 12.0. The highest BCUT2D eigenvalue weighted by atomic mass is 35.5. The molecule has 1 amide bonds. The molecule has 1 aromatic rings. The molecule has 22 heavy (non-hydrogen) atoms. The van der Waals surface area contributed by atoms with Gasteiger partial charge in [0.05, 0.1) is 19.6 Å². The Hall–Kier alpha value is -1.46. The van der Waals surface area contributed by atoms with Gasteiger partial charge in [-0.3, -0.25) is 4.79 Å². The summed E-state index contributed by atoms with van der Waals surface area (Å²) in [5.74, 6) is -0.302. The smallest absolute Gasteiger partial charge is 0.341 e. The van der Waals surface area contributed by atoms with E-state index in [1.807, 2.05) is 0 Å². The third-order valence-corrected chi connectivity index (χ3v) is 4.98. The number of halogens is 2. The highest BCUT2D eigenvalue weighted by Gasteiger charge is 2.67. The molecule has 1 N–H and O–H groups in total. The average molecular weight is 346 g/mol. The van der Waals surface area contributed by atoms with E-state index < -0.39 is 15.7 Å². The summed E-state index contributed by atoms with van der Waals surface area (Å²) in [6.07, 6.45) is 0.422. The molecule has 0 radical (unpaired) electrons. The standard InChI is InChI=1S/C15H17Cl2NO4/c1-14(8-15(14,16)17)13(20)18-7-9-4-5-11(21-2)10(6-9)12(19)22-3/h4-6H,7-8H2,1-3H3,(H,18,20). The number of ether oxygens (including phenoxy) is 2. The van der Waals surface area contributed by atoms with E-state index in [2.05, 4.69) is 5.32 Å². The van der Waals surface area contributed by atoms with Crippen molar-refractivity contribution in [2.75, 3.05) is 14.2 Å². The molecular formula is C15H17Cl2NO4. The van der Waals surface area contributed by atoms with Crippen LogP contribution in [0.15, 0.2) is 18.2 Å². The monoisotopic (exact) mass is 345 g/mol. The van der Waals surface area contributed by atoms with Gasteiger partial charge in [-0.25, -0.2) is 4.79 Å². The van der Waals surface area contributed by atoms with Crippen LogP contribution in [0.25, 0.3) is 0 Å². The maximum Gasteiger partial charge on any atom is 0.341 e. The molecule has 1 unspecified atom stereocenters. The zero-order valence-electron chi connectivity index (χ0n) is 12.5. The van der Waals surface area contributed by atoms with Crippen molar-refractivity contribution in [1.29, 1.82) is 0 Å². The molecule has 1 fully saturated rings. The summed E-state index contributed by atoms with van der Waals surface area (Å²) < 4.78 is 8.82. The van der Waals surface area contributed by atoms with E-state index in [1.165, 1.54) is 14.2 Å². The topological polar surface area (TPSA) is 64.6 Å². The Bertz CT molecular complexity index is 618. The van der Waals surface area contributed by atoms with Gasteiger partial charge in [-0.1, -0.05) is 6.07 Å². The minimum Gasteiger partial charge on any atom is -0.496 e. The summed E-state index contributed by atoms with van der Waals surface area (Å²) in [5.41, 5.74) is 0.278. The largest absolute Gasteiger partial charge is 0.496 e. The molecule has 0 bridgehead atoms. The van der Waals surface area contributed by atoms with Gasteiger partial charge in [-0.15, -0.1) is 23.2 Å². The number of carbonyl (C=O) groups excluding carboxylic acids is 2. The molecular weight excluding hydrogens is 329 g/mol. The lowest BCUT2D eigenvalue weighted by atomic mass is 10.1. The highest BCUT2D eigenvalue weighted by Crippen LogP contribution is 2.63. The predicted molar refractivity (Wildman–Crippen MR) is 83.3 cm³/mol. The highest BCUT2D eigenvalue weighted by molar-refractivity contribution is 6.53. The number of nitrogens with one attached hydrogen (secondary N) is 1. The van der Waals surface area contributed by atoms with Gasteiger partial charge in [0.2, 0.25) is 5.91 Å². The molecule has 1 aliphatic rings. The van der Waals surface area contributed by atoms with Crippen LogP contribution in [0.3, 0.4) is 0 Å². The van der Waals surface area contributed by atoms with E-state index in [1.54, 1.807) is 25.1 Å². The van der Waals surface area contributed by atoms with Crippen molar-refractivity contribution in [3.8, 4) is 5.75 Å². The Labute approximate surface area is 138 Å². The Balaban J connectivity index is 2.08. The van der Waals surface area contributed by atoms with E-state index in [9.17, 15) is 9.59 Å². The number of rotatable bonds is 5. The molecule has 1 aromatic carbocycles. The van der Waals surface area contributed by atoms with Crippen LogP contribution >= 0.6 is 23.2 Å². The number of alkyl halides is 2. The average Bonchev–Trinajstić information content (AvgIpc) is 3.03. The normalized spacial score (nSPS) is 21.9. The van der Waals surface area contributed by atoms with E-state index in [-0.39, 0.29) is 12.5 Å². The molecule has 1 saturated carbocycles. The predicted octanol–water partition coefficient (Wildman–Crippen LogP) is 2.68. The van der Waals surface area contributed by atoms with Crippen molar-refractivity contribution in [3.63, 3.8) is 0 Å². The van der Waals surface area contributed by atoms with Gasteiger partial charge in [0.15, 0.2) is 0 Å². The molecule has 0 saturated heterocycles. The lowest BCUT2D eigenvalue weighted by Gasteiger charge is -2.14. The summed E-state index contributed by atoms with van der Waals surface area (Å²) in [7, 11) is 2.77. The summed E-state index contributed by atoms with van der Waals surface area (Å²) in [6, 6.07) is 5.03. The third-order valence-electron chi connectivity index (χ3n) is 3.88. The number of hydrogen-bond donors (Lipinski definition) is 1. The quantitative estimate of drug-likeness (QED) is 0.658. The lowest BCUT2D eigenvalue weighted by molar-refractivity contribution is -0.125. The molecule has 120 valence electrons. The molecule has 0 heterocycles. The molecule has 0 spiro atoms. The van der Waals surface area contributed by atoms with Crippen molar-refractivity contribution in [3.05, 3.63) is 29.3 Å². The molecule has 0 aliphatic heterocycles. The minimum atomic E-state index is -1.01. The molecule has 1 aliphatic carbocycles. The molecule has 0 aromatic heterocycles. The molecule has 5 nitrogen and oxygen atoms in total. The molecule has 7 heteroatoms. The van der Waals surface area contributed by atoms with Gasteiger partial charge in [0.1, 0.15) is 15.6 Å². The molecule has 1 atom stereocenters. The Morgan fingerprint density at radius 1 is 1.32 bits per heavy atom. The van der Waals surface area contributed by atoms with Crippen LogP contribution in [0.1, 0.15) is 29.3 Å². The van der Waals surface area contributed by atoms with Crippen LogP contribution in [-0.4, -0.2) is 30.4 Å².